The van der Waals surface area contributed by atoms with Crippen molar-refractivity contribution in [3.63, 3.8) is 0 Å². The molecule has 2 aliphatic rings. The fourth-order valence-electron chi connectivity index (χ4n) is 6.00. The fourth-order valence-corrected chi connectivity index (χ4v) is 6.00. The standard InChI is InChI=1S/C29H29N7O2/c1-5-21(37)36-15-19-22(29(19,3)4)24(36)27-34-23(25-26(30)32-12-13-35(25)27)17-6-8-18(9-7-17)28(38)33-20-14-16(2)10-11-31-20/h5-14,19,22,24H,1,15H2,2-4H3,(H2,30,32)(H,31,33,38)/t19-,22-,24-/m0/s1. The number of anilines is 2. The first-order valence-electron chi connectivity index (χ1n) is 12.6. The molecule has 0 unspecified atom stereocenters. The average molecular weight is 508 g/mol. The molecule has 1 aliphatic heterocycles. The Morgan fingerprint density at radius 3 is 2.63 bits per heavy atom. The molecule has 6 rings (SSSR count). The number of likely N-dealkylation sites (tertiary alicyclic amines) is 1. The Morgan fingerprint density at radius 2 is 1.92 bits per heavy atom. The largest absolute Gasteiger partial charge is 0.382 e. The summed E-state index contributed by atoms with van der Waals surface area (Å²) in [6.45, 7) is 10.8. The van der Waals surface area contributed by atoms with Gasteiger partial charge >= 0.3 is 0 Å². The summed E-state index contributed by atoms with van der Waals surface area (Å²) in [4.78, 5) is 41.0. The van der Waals surface area contributed by atoms with E-state index < -0.39 is 0 Å². The molecule has 0 spiro atoms. The van der Waals surface area contributed by atoms with Crippen LogP contribution in [0, 0.1) is 24.2 Å². The van der Waals surface area contributed by atoms with Gasteiger partial charge in [0.05, 0.1) is 6.04 Å². The summed E-state index contributed by atoms with van der Waals surface area (Å²) in [5, 5.41) is 2.83. The Kier molecular flexibility index (Phi) is 5.34. The predicted octanol–water partition coefficient (Wildman–Crippen LogP) is 4.28. The van der Waals surface area contributed by atoms with Crippen LogP contribution in [0.5, 0.6) is 0 Å². The van der Waals surface area contributed by atoms with Crippen LogP contribution in [0.3, 0.4) is 0 Å². The topological polar surface area (TPSA) is 119 Å². The van der Waals surface area contributed by atoms with E-state index in [-0.39, 0.29) is 23.3 Å². The molecule has 2 amide bonds. The first kappa shape index (κ1) is 23.8. The number of fused-ring (bicyclic) bond motifs is 2. The van der Waals surface area contributed by atoms with Gasteiger partial charge in [-0.25, -0.2) is 15.0 Å². The second-order valence-corrected chi connectivity index (χ2v) is 10.7. The third kappa shape index (κ3) is 3.65. The summed E-state index contributed by atoms with van der Waals surface area (Å²) in [7, 11) is 0. The van der Waals surface area contributed by atoms with Crippen LogP contribution < -0.4 is 11.1 Å². The van der Waals surface area contributed by atoms with Gasteiger partial charge in [-0.1, -0.05) is 32.6 Å². The highest BCUT2D eigenvalue weighted by Crippen LogP contribution is 2.69. The maximum Gasteiger partial charge on any atom is 0.256 e. The molecule has 1 aromatic carbocycles. The lowest BCUT2D eigenvalue weighted by Gasteiger charge is -2.29. The molecule has 38 heavy (non-hydrogen) atoms. The predicted molar refractivity (Wildman–Crippen MR) is 145 cm³/mol. The fraction of sp³-hybridized carbons (Fsp3) is 0.276. The molecule has 3 N–H and O–H groups in total. The van der Waals surface area contributed by atoms with E-state index in [1.54, 1.807) is 24.5 Å². The van der Waals surface area contributed by atoms with E-state index in [2.05, 4.69) is 35.7 Å². The number of carbonyl (C=O) groups is 2. The molecular weight excluding hydrogens is 478 g/mol. The van der Waals surface area contributed by atoms with E-state index in [4.69, 9.17) is 10.7 Å². The van der Waals surface area contributed by atoms with Crippen molar-refractivity contribution in [2.24, 2.45) is 17.3 Å². The lowest BCUT2D eigenvalue weighted by molar-refractivity contribution is -0.128. The van der Waals surface area contributed by atoms with Gasteiger partial charge in [0.15, 0.2) is 0 Å². The van der Waals surface area contributed by atoms with Crippen LogP contribution in [0.2, 0.25) is 0 Å². The van der Waals surface area contributed by atoms with Crippen molar-refractivity contribution in [1.82, 2.24) is 24.3 Å². The molecule has 0 bridgehead atoms. The summed E-state index contributed by atoms with van der Waals surface area (Å²) < 4.78 is 1.95. The molecule has 9 heteroatoms. The number of carbonyl (C=O) groups excluding carboxylic acids is 2. The maximum absolute atomic E-state index is 12.8. The zero-order valence-corrected chi connectivity index (χ0v) is 21.5. The first-order chi connectivity index (χ1) is 18.2. The first-order valence-corrected chi connectivity index (χ1v) is 12.6. The minimum atomic E-state index is -0.252. The molecule has 1 saturated heterocycles. The number of nitrogen functional groups attached to an aromatic ring is 1. The number of amides is 2. The van der Waals surface area contributed by atoms with Gasteiger partial charge < -0.3 is 16.0 Å². The number of aryl methyl sites for hydroxylation is 1. The number of benzene rings is 1. The summed E-state index contributed by atoms with van der Waals surface area (Å²) in [6, 6.07) is 10.7. The average Bonchev–Trinajstić information content (AvgIpc) is 3.24. The Balaban J connectivity index is 1.38. The van der Waals surface area contributed by atoms with Crippen LogP contribution in [-0.2, 0) is 4.79 Å². The Labute approximate surface area is 220 Å². The van der Waals surface area contributed by atoms with E-state index in [0.29, 0.717) is 46.8 Å². The van der Waals surface area contributed by atoms with Crippen molar-refractivity contribution >= 4 is 29.0 Å². The molecule has 2 fully saturated rings. The summed E-state index contributed by atoms with van der Waals surface area (Å²) in [6.07, 6.45) is 6.52. The number of nitrogens with one attached hydrogen (secondary N) is 1. The number of hydrogen-bond donors (Lipinski definition) is 2. The van der Waals surface area contributed by atoms with Crippen molar-refractivity contribution in [3.05, 3.63) is 84.6 Å². The van der Waals surface area contributed by atoms with Gasteiger partial charge in [-0.15, -0.1) is 0 Å². The van der Waals surface area contributed by atoms with E-state index in [0.717, 1.165) is 17.0 Å². The Bertz CT molecular complexity index is 1610. The molecule has 3 atom stereocenters. The maximum atomic E-state index is 12.8. The van der Waals surface area contributed by atoms with Gasteiger partial charge in [0.1, 0.15) is 28.7 Å². The van der Waals surface area contributed by atoms with Crippen molar-refractivity contribution < 1.29 is 9.59 Å². The number of nitrogens with zero attached hydrogens (tertiary/aromatic N) is 5. The Hall–Kier alpha value is -4.53. The third-order valence-corrected chi connectivity index (χ3v) is 8.12. The molecular formula is C29H29N7O2. The lowest BCUT2D eigenvalue weighted by atomic mass is 10.0. The van der Waals surface area contributed by atoms with Gasteiger partial charge in [0.25, 0.3) is 5.91 Å². The molecule has 4 aromatic rings. The lowest BCUT2D eigenvalue weighted by Crippen LogP contribution is -2.35. The summed E-state index contributed by atoms with van der Waals surface area (Å²) >= 11 is 0. The molecule has 4 heterocycles. The van der Waals surface area contributed by atoms with Crippen LogP contribution in [0.15, 0.2) is 67.6 Å². The highest BCUT2D eigenvalue weighted by Gasteiger charge is 2.68. The van der Waals surface area contributed by atoms with Gasteiger partial charge in [-0.05, 0) is 60.1 Å². The zero-order chi connectivity index (χ0) is 26.8. The number of nitrogens with two attached hydrogens (primary N) is 1. The monoisotopic (exact) mass is 507 g/mol. The quantitative estimate of drug-likeness (QED) is 0.389. The number of pyridine rings is 1. The van der Waals surface area contributed by atoms with Crippen LogP contribution in [0.25, 0.3) is 16.8 Å². The SMILES string of the molecule is C=CC(=O)N1C[C@H]2[C@@H]([C@H]1c1nc(-c3ccc(C(=O)Nc4cc(C)ccn4)cc3)c3c(N)nccn13)C2(C)C. The molecule has 3 aromatic heterocycles. The van der Waals surface area contributed by atoms with Crippen molar-refractivity contribution in [2.75, 3.05) is 17.6 Å². The minimum Gasteiger partial charge on any atom is -0.382 e. The van der Waals surface area contributed by atoms with Crippen LogP contribution >= 0.6 is 0 Å². The number of hydrogen-bond acceptors (Lipinski definition) is 6. The minimum absolute atomic E-state index is 0.100. The third-order valence-electron chi connectivity index (χ3n) is 8.12. The second kappa shape index (κ2) is 8.51. The molecule has 0 radical (unpaired) electrons. The van der Waals surface area contributed by atoms with Gasteiger partial charge in [0.2, 0.25) is 5.91 Å². The van der Waals surface area contributed by atoms with E-state index in [9.17, 15) is 9.59 Å². The van der Waals surface area contributed by atoms with Crippen molar-refractivity contribution in [3.8, 4) is 11.3 Å². The van der Waals surface area contributed by atoms with E-state index >= 15 is 0 Å². The highest BCUT2D eigenvalue weighted by atomic mass is 16.2. The normalized spacial score (nSPS) is 21.2. The zero-order valence-electron chi connectivity index (χ0n) is 21.5. The van der Waals surface area contributed by atoms with Crippen LogP contribution in [0.1, 0.15) is 41.6 Å². The van der Waals surface area contributed by atoms with Crippen molar-refractivity contribution in [2.45, 2.75) is 26.8 Å². The van der Waals surface area contributed by atoms with Crippen LogP contribution in [0.4, 0.5) is 11.6 Å². The molecule has 9 nitrogen and oxygen atoms in total. The number of piperidine rings is 1. The second-order valence-electron chi connectivity index (χ2n) is 10.7. The van der Waals surface area contributed by atoms with Gasteiger partial charge in [-0.2, -0.15) is 0 Å². The van der Waals surface area contributed by atoms with E-state index in [1.807, 2.05) is 46.7 Å². The number of rotatable bonds is 5. The van der Waals surface area contributed by atoms with E-state index in [1.165, 1.54) is 6.08 Å². The van der Waals surface area contributed by atoms with Crippen molar-refractivity contribution in [1.29, 1.82) is 0 Å². The molecule has 1 saturated carbocycles. The molecule has 192 valence electrons. The Morgan fingerprint density at radius 1 is 1.16 bits per heavy atom. The smallest absolute Gasteiger partial charge is 0.256 e. The summed E-state index contributed by atoms with van der Waals surface area (Å²) in [5.74, 6) is 1.95. The summed E-state index contributed by atoms with van der Waals surface area (Å²) in [5.41, 5.74) is 10.1. The van der Waals surface area contributed by atoms with Crippen LogP contribution in [-0.4, -0.2) is 42.6 Å². The highest BCUT2D eigenvalue weighted by molar-refractivity contribution is 6.04. The number of imidazole rings is 1. The van der Waals surface area contributed by atoms with Gasteiger partial charge in [-0.3, -0.25) is 14.0 Å². The molecule has 1 aliphatic carbocycles. The number of aromatic nitrogens is 4. The van der Waals surface area contributed by atoms with Gasteiger partial charge in [0, 0.05) is 36.3 Å².